The third-order valence-electron chi connectivity index (χ3n) is 2.60. The Bertz CT molecular complexity index is 342. The van der Waals surface area contributed by atoms with E-state index >= 15 is 0 Å². The highest BCUT2D eigenvalue weighted by Gasteiger charge is 2.12. The standard InChI is InChI=1S/C12H18ClNO2/c1-8(2)11(7-15)14-6-9-5-10(13)3-4-12(9)16/h3-5,8,11,14-16H,6-7H2,1-2H3/t11-/m1/s1. The molecule has 0 aliphatic rings. The van der Waals surface area contributed by atoms with Crippen molar-refractivity contribution in [3.05, 3.63) is 28.8 Å². The molecule has 0 spiro atoms. The zero-order valence-electron chi connectivity index (χ0n) is 9.57. The van der Waals surface area contributed by atoms with Gasteiger partial charge in [0.15, 0.2) is 0 Å². The number of hydrogen-bond donors (Lipinski definition) is 3. The largest absolute Gasteiger partial charge is 0.508 e. The molecule has 0 saturated carbocycles. The maximum Gasteiger partial charge on any atom is 0.120 e. The van der Waals surface area contributed by atoms with Crippen LogP contribution in [0, 0.1) is 5.92 Å². The minimum atomic E-state index is 0.0263. The second-order valence-electron chi connectivity index (χ2n) is 4.19. The fourth-order valence-electron chi connectivity index (χ4n) is 1.45. The maximum atomic E-state index is 9.60. The highest BCUT2D eigenvalue weighted by molar-refractivity contribution is 6.30. The molecule has 4 heteroatoms. The summed E-state index contributed by atoms with van der Waals surface area (Å²) in [5.74, 6) is 0.559. The second-order valence-corrected chi connectivity index (χ2v) is 4.62. The van der Waals surface area contributed by atoms with Crippen LogP contribution in [0.25, 0.3) is 0 Å². The van der Waals surface area contributed by atoms with Crippen molar-refractivity contribution >= 4 is 11.6 Å². The molecule has 0 unspecified atom stereocenters. The molecule has 0 saturated heterocycles. The lowest BCUT2D eigenvalue weighted by atomic mass is 10.0. The number of phenolic OH excluding ortho intramolecular Hbond substituents is 1. The molecule has 0 bridgehead atoms. The summed E-state index contributed by atoms with van der Waals surface area (Å²) in [4.78, 5) is 0. The molecule has 16 heavy (non-hydrogen) atoms. The monoisotopic (exact) mass is 243 g/mol. The second kappa shape index (κ2) is 6.09. The number of aliphatic hydroxyl groups excluding tert-OH is 1. The van der Waals surface area contributed by atoms with Gasteiger partial charge in [-0.05, 0) is 24.1 Å². The Hall–Kier alpha value is -0.770. The lowest BCUT2D eigenvalue weighted by Crippen LogP contribution is -2.36. The van der Waals surface area contributed by atoms with E-state index in [2.05, 4.69) is 5.32 Å². The van der Waals surface area contributed by atoms with Crippen LogP contribution in [0.5, 0.6) is 5.75 Å². The minimum absolute atomic E-state index is 0.0263. The van der Waals surface area contributed by atoms with Crippen LogP contribution in [0.15, 0.2) is 18.2 Å². The van der Waals surface area contributed by atoms with Gasteiger partial charge in [-0.3, -0.25) is 0 Å². The molecule has 3 N–H and O–H groups in total. The Morgan fingerprint density at radius 2 is 2.06 bits per heavy atom. The first-order valence-corrected chi connectivity index (χ1v) is 5.74. The molecule has 3 nitrogen and oxygen atoms in total. The van der Waals surface area contributed by atoms with Gasteiger partial charge in [0.05, 0.1) is 6.61 Å². The van der Waals surface area contributed by atoms with Gasteiger partial charge in [-0.25, -0.2) is 0 Å². The zero-order valence-corrected chi connectivity index (χ0v) is 10.3. The number of aromatic hydroxyl groups is 1. The highest BCUT2D eigenvalue weighted by Crippen LogP contribution is 2.21. The molecule has 1 rings (SSSR count). The van der Waals surface area contributed by atoms with Crippen molar-refractivity contribution in [1.82, 2.24) is 5.32 Å². The molecule has 90 valence electrons. The van der Waals surface area contributed by atoms with Crippen molar-refractivity contribution in [1.29, 1.82) is 0 Å². The molecule has 0 heterocycles. The Kier molecular flexibility index (Phi) is 5.06. The van der Waals surface area contributed by atoms with Gasteiger partial charge in [0.1, 0.15) is 5.75 Å². The summed E-state index contributed by atoms with van der Waals surface area (Å²) < 4.78 is 0. The van der Waals surface area contributed by atoms with Crippen LogP contribution in [0.2, 0.25) is 5.02 Å². The van der Waals surface area contributed by atoms with E-state index in [9.17, 15) is 5.11 Å². The van der Waals surface area contributed by atoms with Crippen LogP contribution in [-0.2, 0) is 6.54 Å². The Balaban J connectivity index is 2.63. The van der Waals surface area contributed by atoms with Gasteiger partial charge in [-0.15, -0.1) is 0 Å². The molecular weight excluding hydrogens is 226 g/mol. The van der Waals surface area contributed by atoms with E-state index in [4.69, 9.17) is 16.7 Å². The SMILES string of the molecule is CC(C)[C@@H](CO)NCc1cc(Cl)ccc1O. The molecule has 1 aromatic carbocycles. The van der Waals surface area contributed by atoms with Crippen LogP contribution < -0.4 is 5.32 Å². The predicted octanol–water partition coefficient (Wildman–Crippen LogP) is 2.15. The summed E-state index contributed by atoms with van der Waals surface area (Å²) >= 11 is 5.84. The minimum Gasteiger partial charge on any atom is -0.508 e. The average molecular weight is 244 g/mol. The van der Waals surface area contributed by atoms with E-state index in [-0.39, 0.29) is 18.4 Å². The molecule has 0 aliphatic heterocycles. The van der Waals surface area contributed by atoms with Gasteiger partial charge in [0, 0.05) is 23.2 Å². The molecule has 0 aliphatic carbocycles. The van der Waals surface area contributed by atoms with Crippen LogP contribution in [0.4, 0.5) is 0 Å². The van der Waals surface area contributed by atoms with Crippen molar-refractivity contribution in [3.8, 4) is 5.75 Å². The van der Waals surface area contributed by atoms with Gasteiger partial charge in [0.25, 0.3) is 0 Å². The van der Waals surface area contributed by atoms with E-state index < -0.39 is 0 Å². The van der Waals surface area contributed by atoms with Gasteiger partial charge < -0.3 is 15.5 Å². The third kappa shape index (κ3) is 3.67. The molecule has 1 aromatic rings. The molecule has 0 fully saturated rings. The van der Waals surface area contributed by atoms with Crippen molar-refractivity contribution in [3.63, 3.8) is 0 Å². The lowest BCUT2D eigenvalue weighted by Gasteiger charge is -2.20. The first kappa shape index (κ1) is 13.3. The number of benzene rings is 1. The topological polar surface area (TPSA) is 52.5 Å². The number of halogens is 1. The number of aliphatic hydroxyl groups is 1. The van der Waals surface area contributed by atoms with Crippen LogP contribution in [-0.4, -0.2) is 22.9 Å². The Labute approximate surface area is 101 Å². The van der Waals surface area contributed by atoms with Gasteiger partial charge in [-0.1, -0.05) is 25.4 Å². The van der Waals surface area contributed by atoms with Crippen LogP contribution in [0.3, 0.4) is 0 Å². The van der Waals surface area contributed by atoms with Crippen molar-refractivity contribution in [2.24, 2.45) is 5.92 Å². The quantitative estimate of drug-likeness (QED) is 0.743. The van der Waals surface area contributed by atoms with Crippen LogP contribution in [0.1, 0.15) is 19.4 Å². The molecule has 0 amide bonds. The molecular formula is C12H18ClNO2. The van der Waals surface area contributed by atoms with E-state index in [1.165, 1.54) is 0 Å². The van der Waals surface area contributed by atoms with Gasteiger partial charge in [-0.2, -0.15) is 0 Å². The van der Waals surface area contributed by atoms with Crippen LogP contribution >= 0.6 is 11.6 Å². The van der Waals surface area contributed by atoms with E-state index in [1.807, 2.05) is 13.8 Å². The number of hydrogen-bond acceptors (Lipinski definition) is 3. The van der Waals surface area contributed by atoms with Crippen molar-refractivity contribution in [2.75, 3.05) is 6.61 Å². The third-order valence-corrected chi connectivity index (χ3v) is 2.83. The predicted molar refractivity (Wildman–Crippen MR) is 65.7 cm³/mol. The maximum absolute atomic E-state index is 9.60. The van der Waals surface area contributed by atoms with E-state index in [0.717, 1.165) is 5.56 Å². The van der Waals surface area contributed by atoms with Gasteiger partial charge >= 0.3 is 0 Å². The number of nitrogens with one attached hydrogen (secondary N) is 1. The summed E-state index contributed by atoms with van der Waals surface area (Å²) in [6.07, 6.45) is 0. The Morgan fingerprint density at radius 1 is 1.38 bits per heavy atom. The van der Waals surface area contributed by atoms with Gasteiger partial charge in [0.2, 0.25) is 0 Å². The van der Waals surface area contributed by atoms with E-state index in [0.29, 0.717) is 17.5 Å². The average Bonchev–Trinajstić information content (AvgIpc) is 2.23. The number of phenols is 1. The highest BCUT2D eigenvalue weighted by atomic mass is 35.5. The molecule has 1 atom stereocenters. The molecule has 0 radical (unpaired) electrons. The summed E-state index contributed by atoms with van der Waals surface area (Å²) in [6.45, 7) is 4.65. The lowest BCUT2D eigenvalue weighted by molar-refractivity contribution is 0.209. The summed E-state index contributed by atoms with van der Waals surface area (Å²) in [5, 5.41) is 22.5. The molecule has 0 aromatic heterocycles. The summed E-state index contributed by atoms with van der Waals surface area (Å²) in [6, 6.07) is 4.96. The summed E-state index contributed by atoms with van der Waals surface area (Å²) in [7, 11) is 0. The fraction of sp³-hybridized carbons (Fsp3) is 0.500. The smallest absolute Gasteiger partial charge is 0.120 e. The first-order chi connectivity index (χ1) is 7.54. The fourth-order valence-corrected chi connectivity index (χ4v) is 1.64. The van der Waals surface area contributed by atoms with E-state index in [1.54, 1.807) is 18.2 Å². The zero-order chi connectivity index (χ0) is 12.1. The Morgan fingerprint density at radius 3 is 2.62 bits per heavy atom. The first-order valence-electron chi connectivity index (χ1n) is 5.36. The summed E-state index contributed by atoms with van der Waals surface area (Å²) in [5.41, 5.74) is 0.742. The van der Waals surface area contributed by atoms with Crippen molar-refractivity contribution in [2.45, 2.75) is 26.4 Å². The van der Waals surface area contributed by atoms with Crippen molar-refractivity contribution < 1.29 is 10.2 Å². The normalized spacial score (nSPS) is 13.1. The number of rotatable bonds is 5.